The second kappa shape index (κ2) is 5.61. The van der Waals surface area contributed by atoms with Gasteiger partial charge in [0.05, 0.1) is 12.2 Å². The van der Waals surface area contributed by atoms with E-state index in [9.17, 15) is 4.79 Å². The van der Waals surface area contributed by atoms with Gasteiger partial charge in [0.1, 0.15) is 12.7 Å². The second-order valence-corrected chi connectivity index (χ2v) is 4.50. The fourth-order valence-corrected chi connectivity index (χ4v) is 1.94. The standard InChI is InChI=1S/C13H14N6O2/c1-18-5-2-3-11(18)12-7-10(17-21-12)13(20)15-4-6-19-9-14-8-16-19/h2-3,5,7-9H,4,6H2,1H3,(H,15,20). The molecular formula is C13H14N6O2. The van der Waals surface area contributed by atoms with Gasteiger partial charge in [-0.2, -0.15) is 5.10 Å². The van der Waals surface area contributed by atoms with Crippen LogP contribution >= 0.6 is 0 Å². The van der Waals surface area contributed by atoms with Crippen LogP contribution in [0, 0.1) is 0 Å². The van der Waals surface area contributed by atoms with Crippen molar-refractivity contribution in [2.45, 2.75) is 6.54 Å². The first-order valence-corrected chi connectivity index (χ1v) is 6.43. The lowest BCUT2D eigenvalue weighted by molar-refractivity contribution is 0.0943. The fourth-order valence-electron chi connectivity index (χ4n) is 1.94. The molecule has 0 radical (unpaired) electrons. The first kappa shape index (κ1) is 13.1. The van der Waals surface area contributed by atoms with E-state index >= 15 is 0 Å². The van der Waals surface area contributed by atoms with Gasteiger partial charge in [0, 0.05) is 25.9 Å². The van der Waals surface area contributed by atoms with Gasteiger partial charge in [-0.3, -0.25) is 9.48 Å². The lowest BCUT2D eigenvalue weighted by atomic mass is 10.3. The molecule has 108 valence electrons. The van der Waals surface area contributed by atoms with Crippen LogP contribution in [0.3, 0.4) is 0 Å². The van der Waals surface area contributed by atoms with Crippen molar-refractivity contribution in [2.24, 2.45) is 7.05 Å². The van der Waals surface area contributed by atoms with E-state index < -0.39 is 0 Å². The molecule has 8 heteroatoms. The number of nitrogens with zero attached hydrogens (tertiary/aromatic N) is 5. The molecule has 1 N–H and O–H groups in total. The minimum atomic E-state index is -0.278. The summed E-state index contributed by atoms with van der Waals surface area (Å²) in [6.45, 7) is 0.989. The van der Waals surface area contributed by atoms with Gasteiger partial charge >= 0.3 is 0 Å². The van der Waals surface area contributed by atoms with Gasteiger partial charge in [-0.25, -0.2) is 4.98 Å². The number of carbonyl (C=O) groups excluding carboxylic acids is 1. The summed E-state index contributed by atoms with van der Waals surface area (Å²) in [5.41, 5.74) is 1.12. The predicted octanol–water partition coefficient (Wildman–Crippen LogP) is 0.702. The van der Waals surface area contributed by atoms with E-state index in [-0.39, 0.29) is 11.6 Å². The van der Waals surface area contributed by atoms with Gasteiger partial charge in [-0.05, 0) is 12.1 Å². The average Bonchev–Trinajstić information content (AvgIpc) is 3.18. The molecule has 0 aliphatic heterocycles. The zero-order valence-electron chi connectivity index (χ0n) is 11.4. The first-order valence-electron chi connectivity index (χ1n) is 6.43. The minimum Gasteiger partial charge on any atom is -0.354 e. The Balaban J connectivity index is 1.60. The van der Waals surface area contributed by atoms with Crippen LogP contribution in [-0.4, -0.2) is 36.9 Å². The van der Waals surface area contributed by atoms with Crippen LogP contribution in [0.4, 0.5) is 0 Å². The maximum absolute atomic E-state index is 12.0. The van der Waals surface area contributed by atoms with Crippen molar-refractivity contribution < 1.29 is 9.32 Å². The molecule has 3 aromatic rings. The van der Waals surface area contributed by atoms with E-state index in [1.54, 1.807) is 17.1 Å². The van der Waals surface area contributed by atoms with Crippen LogP contribution in [0.1, 0.15) is 10.5 Å². The van der Waals surface area contributed by atoms with Crippen LogP contribution in [-0.2, 0) is 13.6 Å². The predicted molar refractivity (Wildman–Crippen MR) is 73.3 cm³/mol. The largest absolute Gasteiger partial charge is 0.354 e. The molecule has 8 nitrogen and oxygen atoms in total. The maximum Gasteiger partial charge on any atom is 0.273 e. The van der Waals surface area contributed by atoms with Crippen LogP contribution in [0.15, 0.2) is 41.6 Å². The second-order valence-electron chi connectivity index (χ2n) is 4.50. The fraction of sp³-hybridized carbons (Fsp3) is 0.231. The van der Waals surface area contributed by atoms with Crippen LogP contribution < -0.4 is 5.32 Å². The Bertz CT molecular complexity index is 728. The number of carbonyl (C=O) groups is 1. The lowest BCUT2D eigenvalue weighted by Gasteiger charge is -2.02. The Morgan fingerprint density at radius 1 is 1.48 bits per heavy atom. The summed E-state index contributed by atoms with van der Waals surface area (Å²) >= 11 is 0. The van der Waals surface area contributed by atoms with E-state index in [1.165, 1.54) is 6.33 Å². The third kappa shape index (κ3) is 2.83. The van der Waals surface area contributed by atoms with Crippen molar-refractivity contribution in [1.29, 1.82) is 0 Å². The van der Waals surface area contributed by atoms with Crippen molar-refractivity contribution in [2.75, 3.05) is 6.54 Å². The first-order chi connectivity index (χ1) is 10.2. The summed E-state index contributed by atoms with van der Waals surface area (Å²) in [6, 6.07) is 5.42. The lowest BCUT2D eigenvalue weighted by Crippen LogP contribution is -2.27. The molecule has 3 heterocycles. The van der Waals surface area contributed by atoms with E-state index in [0.29, 0.717) is 18.8 Å². The highest BCUT2D eigenvalue weighted by atomic mass is 16.5. The summed E-state index contributed by atoms with van der Waals surface area (Å²) in [7, 11) is 1.90. The Labute approximate surface area is 120 Å². The summed E-state index contributed by atoms with van der Waals surface area (Å²) in [5, 5.41) is 10.5. The van der Waals surface area contributed by atoms with Crippen molar-refractivity contribution >= 4 is 5.91 Å². The molecule has 0 unspecified atom stereocenters. The Morgan fingerprint density at radius 2 is 2.38 bits per heavy atom. The van der Waals surface area contributed by atoms with Gasteiger partial charge in [0.25, 0.3) is 5.91 Å². The third-order valence-corrected chi connectivity index (χ3v) is 3.03. The molecule has 0 atom stereocenters. The summed E-state index contributed by atoms with van der Waals surface area (Å²) in [4.78, 5) is 15.8. The van der Waals surface area contributed by atoms with E-state index in [2.05, 4.69) is 20.6 Å². The summed E-state index contributed by atoms with van der Waals surface area (Å²) in [6.07, 6.45) is 4.94. The number of aryl methyl sites for hydroxylation is 1. The Morgan fingerprint density at radius 3 is 3.10 bits per heavy atom. The molecule has 0 spiro atoms. The summed E-state index contributed by atoms with van der Waals surface area (Å²) in [5.74, 6) is 0.281. The highest BCUT2D eigenvalue weighted by molar-refractivity contribution is 5.92. The molecule has 0 bridgehead atoms. The topological polar surface area (TPSA) is 90.8 Å². The monoisotopic (exact) mass is 286 g/mol. The molecular weight excluding hydrogens is 272 g/mol. The number of aromatic nitrogens is 5. The van der Waals surface area contributed by atoms with Crippen LogP contribution in [0.25, 0.3) is 11.5 Å². The molecule has 0 saturated carbocycles. The van der Waals surface area contributed by atoms with Crippen molar-refractivity contribution in [3.05, 3.63) is 42.7 Å². The van der Waals surface area contributed by atoms with Gasteiger partial charge < -0.3 is 14.4 Å². The normalized spacial score (nSPS) is 10.7. The zero-order valence-corrected chi connectivity index (χ0v) is 11.4. The van der Waals surface area contributed by atoms with Gasteiger partial charge in [0.2, 0.25) is 0 Å². The van der Waals surface area contributed by atoms with Gasteiger partial charge in [-0.15, -0.1) is 0 Å². The van der Waals surface area contributed by atoms with Crippen molar-refractivity contribution in [3.63, 3.8) is 0 Å². The minimum absolute atomic E-state index is 0.254. The molecule has 3 rings (SSSR count). The Kier molecular flexibility index (Phi) is 3.50. The van der Waals surface area contributed by atoms with Crippen molar-refractivity contribution in [1.82, 2.24) is 29.8 Å². The molecule has 0 aromatic carbocycles. The smallest absolute Gasteiger partial charge is 0.273 e. The number of rotatable bonds is 5. The quantitative estimate of drug-likeness (QED) is 0.745. The number of hydrogen-bond donors (Lipinski definition) is 1. The highest BCUT2D eigenvalue weighted by Crippen LogP contribution is 2.19. The number of nitrogens with one attached hydrogen (secondary N) is 1. The van der Waals surface area contributed by atoms with E-state index in [1.807, 2.05) is 29.9 Å². The number of amides is 1. The summed E-state index contributed by atoms with van der Waals surface area (Å²) < 4.78 is 8.74. The van der Waals surface area contributed by atoms with Gasteiger partial charge in [-0.1, -0.05) is 5.16 Å². The van der Waals surface area contributed by atoms with Gasteiger partial charge in [0.15, 0.2) is 11.5 Å². The molecule has 1 amide bonds. The zero-order chi connectivity index (χ0) is 14.7. The van der Waals surface area contributed by atoms with E-state index in [0.717, 1.165) is 5.69 Å². The average molecular weight is 286 g/mol. The molecule has 0 aliphatic carbocycles. The number of hydrogen-bond acceptors (Lipinski definition) is 5. The third-order valence-electron chi connectivity index (χ3n) is 3.03. The van der Waals surface area contributed by atoms with Crippen LogP contribution in [0.2, 0.25) is 0 Å². The van der Waals surface area contributed by atoms with Crippen LogP contribution in [0.5, 0.6) is 0 Å². The highest BCUT2D eigenvalue weighted by Gasteiger charge is 2.14. The van der Waals surface area contributed by atoms with E-state index in [4.69, 9.17) is 4.52 Å². The molecule has 0 saturated heterocycles. The SMILES string of the molecule is Cn1cccc1-c1cc(C(=O)NCCn2cncn2)no1. The van der Waals surface area contributed by atoms with Crippen molar-refractivity contribution in [3.8, 4) is 11.5 Å². The maximum atomic E-state index is 12.0. The molecule has 21 heavy (non-hydrogen) atoms. The molecule has 3 aromatic heterocycles. The molecule has 0 fully saturated rings. The Hall–Kier alpha value is -2.90. The molecule has 0 aliphatic rings.